The third kappa shape index (κ3) is 4.21. The van der Waals surface area contributed by atoms with E-state index in [0.29, 0.717) is 12.6 Å². The zero-order chi connectivity index (χ0) is 15.1. The third-order valence-electron chi connectivity index (χ3n) is 3.49. The molecule has 0 aromatic heterocycles. The average molecular weight is 342 g/mol. The number of halogens is 1. The van der Waals surface area contributed by atoms with Gasteiger partial charge < -0.3 is 15.4 Å². The number of anilines is 1. The standard InChI is InChI=1S/C15H24BrN3O/c1-4-11(5-2)19(8-9-20-3)12-6-7-13(15(17)18)14(16)10-12/h6-7,10-11H,4-5,8-9H2,1-3H3,(H3,17,18). The minimum absolute atomic E-state index is 0.0781. The second kappa shape index (κ2) is 8.27. The molecule has 1 rings (SSSR count). The van der Waals surface area contributed by atoms with Gasteiger partial charge in [0.1, 0.15) is 5.84 Å². The molecule has 0 amide bonds. The Labute approximate surface area is 129 Å². The summed E-state index contributed by atoms with van der Waals surface area (Å²) in [5.74, 6) is 0.0781. The van der Waals surface area contributed by atoms with Crippen LogP contribution in [0, 0.1) is 5.41 Å². The Bertz CT molecular complexity index is 447. The minimum Gasteiger partial charge on any atom is -0.384 e. The van der Waals surface area contributed by atoms with Gasteiger partial charge in [0.05, 0.1) is 6.61 Å². The van der Waals surface area contributed by atoms with Crippen molar-refractivity contribution in [1.29, 1.82) is 5.41 Å². The molecule has 0 atom stereocenters. The summed E-state index contributed by atoms with van der Waals surface area (Å²) >= 11 is 3.50. The second-order valence-corrected chi connectivity index (χ2v) is 5.59. The van der Waals surface area contributed by atoms with Gasteiger partial charge in [0.25, 0.3) is 0 Å². The number of nitrogen functional groups attached to an aromatic ring is 1. The molecular formula is C15H24BrN3O. The van der Waals surface area contributed by atoms with Crippen LogP contribution in [0.2, 0.25) is 0 Å². The predicted molar refractivity (Wildman–Crippen MR) is 88.8 cm³/mol. The van der Waals surface area contributed by atoms with Gasteiger partial charge in [0.15, 0.2) is 0 Å². The average Bonchev–Trinajstić information content (AvgIpc) is 2.43. The van der Waals surface area contributed by atoms with Crippen molar-refractivity contribution in [1.82, 2.24) is 0 Å². The largest absolute Gasteiger partial charge is 0.384 e. The zero-order valence-electron chi connectivity index (χ0n) is 12.4. The van der Waals surface area contributed by atoms with E-state index in [1.807, 2.05) is 18.2 Å². The van der Waals surface area contributed by atoms with E-state index in [-0.39, 0.29) is 5.84 Å². The number of nitrogens with zero attached hydrogens (tertiary/aromatic N) is 1. The molecule has 0 heterocycles. The quantitative estimate of drug-likeness (QED) is 0.562. The fourth-order valence-electron chi connectivity index (χ4n) is 2.34. The molecule has 0 saturated heterocycles. The van der Waals surface area contributed by atoms with Gasteiger partial charge in [-0.3, -0.25) is 5.41 Å². The lowest BCUT2D eigenvalue weighted by molar-refractivity contribution is 0.202. The van der Waals surface area contributed by atoms with Crippen LogP contribution in [0.3, 0.4) is 0 Å². The number of methoxy groups -OCH3 is 1. The number of nitrogens with one attached hydrogen (secondary N) is 1. The van der Waals surface area contributed by atoms with Crippen molar-refractivity contribution in [3.63, 3.8) is 0 Å². The summed E-state index contributed by atoms with van der Waals surface area (Å²) in [5.41, 5.74) is 7.41. The summed E-state index contributed by atoms with van der Waals surface area (Å²) in [4.78, 5) is 2.36. The van der Waals surface area contributed by atoms with Crippen molar-refractivity contribution in [3.8, 4) is 0 Å². The maximum absolute atomic E-state index is 7.54. The molecule has 0 aliphatic rings. The highest BCUT2D eigenvalue weighted by Gasteiger charge is 2.16. The van der Waals surface area contributed by atoms with Crippen molar-refractivity contribution >= 4 is 27.5 Å². The molecule has 0 aliphatic heterocycles. The lowest BCUT2D eigenvalue weighted by Crippen LogP contribution is -2.37. The van der Waals surface area contributed by atoms with Crippen molar-refractivity contribution in [2.75, 3.05) is 25.2 Å². The Morgan fingerprint density at radius 2 is 2.05 bits per heavy atom. The molecule has 0 fully saturated rings. The predicted octanol–water partition coefficient (Wildman–Crippen LogP) is 3.37. The van der Waals surface area contributed by atoms with E-state index in [4.69, 9.17) is 15.9 Å². The van der Waals surface area contributed by atoms with Gasteiger partial charge in [-0.2, -0.15) is 0 Å². The summed E-state index contributed by atoms with van der Waals surface area (Å²) < 4.78 is 6.07. The Morgan fingerprint density at radius 1 is 1.40 bits per heavy atom. The van der Waals surface area contributed by atoms with Gasteiger partial charge in [0.2, 0.25) is 0 Å². The van der Waals surface area contributed by atoms with Crippen LogP contribution in [0.15, 0.2) is 22.7 Å². The van der Waals surface area contributed by atoms with Crippen LogP contribution in [-0.4, -0.2) is 32.1 Å². The molecule has 0 spiro atoms. The molecule has 20 heavy (non-hydrogen) atoms. The lowest BCUT2D eigenvalue weighted by atomic mass is 10.1. The molecule has 0 radical (unpaired) electrons. The van der Waals surface area contributed by atoms with Crippen molar-refractivity contribution in [2.24, 2.45) is 5.73 Å². The number of ether oxygens (including phenoxy) is 1. The molecule has 1 aromatic carbocycles. The van der Waals surface area contributed by atoms with Crippen LogP contribution in [0.25, 0.3) is 0 Å². The summed E-state index contributed by atoms with van der Waals surface area (Å²) in [5, 5.41) is 7.54. The highest BCUT2D eigenvalue weighted by molar-refractivity contribution is 9.10. The van der Waals surface area contributed by atoms with Crippen LogP contribution in [0.5, 0.6) is 0 Å². The monoisotopic (exact) mass is 341 g/mol. The van der Waals surface area contributed by atoms with Crippen LogP contribution in [0.1, 0.15) is 32.3 Å². The van der Waals surface area contributed by atoms with Gasteiger partial charge in [-0.05, 0) is 47.0 Å². The SMILES string of the molecule is CCC(CC)N(CCOC)c1ccc(C(=N)N)c(Br)c1. The summed E-state index contributed by atoms with van der Waals surface area (Å²) in [6.45, 7) is 5.96. The Balaban J connectivity index is 3.06. The molecule has 3 N–H and O–H groups in total. The number of nitrogens with two attached hydrogens (primary N) is 1. The summed E-state index contributed by atoms with van der Waals surface area (Å²) in [6, 6.07) is 6.43. The molecule has 0 bridgehead atoms. The Morgan fingerprint density at radius 3 is 2.50 bits per heavy atom. The van der Waals surface area contributed by atoms with E-state index < -0.39 is 0 Å². The number of hydrogen-bond acceptors (Lipinski definition) is 3. The van der Waals surface area contributed by atoms with E-state index in [1.165, 1.54) is 0 Å². The Kier molecular flexibility index (Phi) is 7.02. The first-order valence-corrected chi connectivity index (χ1v) is 7.73. The number of amidine groups is 1. The minimum atomic E-state index is 0.0781. The number of rotatable bonds is 8. The highest BCUT2D eigenvalue weighted by Crippen LogP contribution is 2.26. The van der Waals surface area contributed by atoms with Crippen LogP contribution in [0.4, 0.5) is 5.69 Å². The fourth-order valence-corrected chi connectivity index (χ4v) is 2.92. The molecule has 5 heteroatoms. The normalized spacial score (nSPS) is 10.8. The second-order valence-electron chi connectivity index (χ2n) is 4.73. The van der Waals surface area contributed by atoms with Crippen molar-refractivity contribution in [3.05, 3.63) is 28.2 Å². The van der Waals surface area contributed by atoms with Crippen molar-refractivity contribution in [2.45, 2.75) is 32.7 Å². The molecule has 0 aliphatic carbocycles. The van der Waals surface area contributed by atoms with Gasteiger partial charge in [-0.1, -0.05) is 13.8 Å². The van der Waals surface area contributed by atoms with E-state index in [2.05, 4.69) is 34.7 Å². The Hall–Kier alpha value is -1.07. The van der Waals surface area contributed by atoms with E-state index >= 15 is 0 Å². The molecule has 1 aromatic rings. The number of hydrogen-bond donors (Lipinski definition) is 2. The third-order valence-corrected chi connectivity index (χ3v) is 4.15. The summed E-state index contributed by atoms with van der Waals surface area (Å²) in [6.07, 6.45) is 2.18. The van der Waals surface area contributed by atoms with Gasteiger partial charge in [-0.25, -0.2) is 0 Å². The maximum atomic E-state index is 7.54. The summed E-state index contributed by atoms with van der Waals surface area (Å²) in [7, 11) is 1.72. The first-order chi connectivity index (χ1) is 9.54. The topological polar surface area (TPSA) is 62.3 Å². The van der Waals surface area contributed by atoms with Gasteiger partial charge in [-0.15, -0.1) is 0 Å². The first-order valence-electron chi connectivity index (χ1n) is 6.94. The molecular weight excluding hydrogens is 318 g/mol. The number of benzene rings is 1. The van der Waals surface area contributed by atoms with E-state index in [9.17, 15) is 0 Å². The molecule has 4 nitrogen and oxygen atoms in total. The fraction of sp³-hybridized carbons (Fsp3) is 0.533. The first kappa shape index (κ1) is 17.0. The van der Waals surface area contributed by atoms with Crippen LogP contribution in [-0.2, 0) is 4.74 Å². The van der Waals surface area contributed by atoms with Gasteiger partial charge >= 0.3 is 0 Å². The molecule has 112 valence electrons. The zero-order valence-corrected chi connectivity index (χ0v) is 14.0. The smallest absolute Gasteiger partial charge is 0.123 e. The van der Waals surface area contributed by atoms with Crippen LogP contribution < -0.4 is 10.6 Å². The van der Waals surface area contributed by atoms with Gasteiger partial charge in [0, 0.05) is 35.4 Å². The molecule has 0 saturated carbocycles. The van der Waals surface area contributed by atoms with E-state index in [1.54, 1.807) is 7.11 Å². The van der Waals surface area contributed by atoms with Crippen LogP contribution >= 0.6 is 15.9 Å². The highest BCUT2D eigenvalue weighted by atomic mass is 79.9. The van der Waals surface area contributed by atoms with Crippen molar-refractivity contribution < 1.29 is 4.74 Å². The maximum Gasteiger partial charge on any atom is 0.123 e. The lowest BCUT2D eigenvalue weighted by Gasteiger charge is -2.33. The molecule has 0 unspecified atom stereocenters. The van der Waals surface area contributed by atoms with E-state index in [0.717, 1.165) is 35.1 Å².